The molecule has 1 heterocycles. The van der Waals surface area contributed by atoms with Gasteiger partial charge in [0.25, 0.3) is 0 Å². The number of aliphatic imine (C=N–C) groups is 1. The Hall–Kier alpha value is -0.300. The molecular weight excluding hydrogens is 345 g/mol. The Labute approximate surface area is 125 Å². The third-order valence-corrected chi connectivity index (χ3v) is 3.36. The zero-order valence-corrected chi connectivity index (χ0v) is 13.9. The summed E-state index contributed by atoms with van der Waals surface area (Å²) in [7, 11) is 0. The van der Waals surface area contributed by atoms with Crippen molar-refractivity contribution in [3.63, 3.8) is 0 Å². The minimum Gasteiger partial charge on any atom is -0.357 e. The van der Waals surface area contributed by atoms with Gasteiger partial charge in [-0.25, -0.2) is 4.99 Å². The summed E-state index contributed by atoms with van der Waals surface area (Å²) >= 11 is 1.85. The number of rotatable bonds is 5. The molecule has 0 radical (unpaired) electrons. The highest BCUT2D eigenvalue weighted by atomic mass is 127. The molecule has 0 saturated carbocycles. The van der Waals surface area contributed by atoms with Crippen LogP contribution in [0.2, 0.25) is 0 Å². The Bertz CT molecular complexity index is 328. The molecule has 0 aliphatic rings. The maximum atomic E-state index is 4.53. The van der Waals surface area contributed by atoms with E-state index in [1.165, 1.54) is 9.75 Å². The molecule has 2 N–H and O–H groups in total. The van der Waals surface area contributed by atoms with Crippen LogP contribution in [0.5, 0.6) is 0 Å². The summed E-state index contributed by atoms with van der Waals surface area (Å²) in [5.74, 6) is 0.899. The van der Waals surface area contributed by atoms with Gasteiger partial charge >= 0.3 is 0 Å². The van der Waals surface area contributed by atoms with Crippen LogP contribution in [0.25, 0.3) is 0 Å². The lowest BCUT2D eigenvalue weighted by atomic mass is 10.4. The Balaban J connectivity index is 0.00000256. The molecule has 0 aliphatic heterocycles. The number of hydrogen-bond acceptors (Lipinski definition) is 2. The van der Waals surface area contributed by atoms with Crippen LogP contribution in [0.1, 0.15) is 30.5 Å². The van der Waals surface area contributed by atoms with Gasteiger partial charge in [-0.15, -0.1) is 35.3 Å². The summed E-state index contributed by atoms with van der Waals surface area (Å²) in [6.45, 7) is 8.90. The molecule has 0 atom stereocenters. The number of hydrogen-bond donors (Lipinski definition) is 2. The molecule has 0 saturated heterocycles. The van der Waals surface area contributed by atoms with Gasteiger partial charge in [-0.3, -0.25) is 0 Å². The van der Waals surface area contributed by atoms with Gasteiger partial charge in [-0.1, -0.05) is 6.92 Å². The molecule has 3 nitrogen and oxygen atoms in total. The summed E-state index contributed by atoms with van der Waals surface area (Å²) in [5, 5.41) is 6.44. The topological polar surface area (TPSA) is 36.4 Å². The van der Waals surface area contributed by atoms with Crippen molar-refractivity contribution >= 4 is 41.3 Å². The van der Waals surface area contributed by atoms with E-state index in [9.17, 15) is 0 Å². The predicted octanol–water partition coefficient (Wildman–Crippen LogP) is 3.00. The zero-order valence-electron chi connectivity index (χ0n) is 10.7. The van der Waals surface area contributed by atoms with Crippen LogP contribution >= 0.6 is 35.3 Å². The Morgan fingerprint density at radius 1 is 1.12 bits per heavy atom. The molecule has 1 aromatic rings. The summed E-state index contributed by atoms with van der Waals surface area (Å²) in [5.41, 5.74) is 0. The van der Waals surface area contributed by atoms with Crippen LogP contribution in [-0.2, 0) is 13.0 Å². The molecule has 0 fully saturated rings. The van der Waals surface area contributed by atoms with E-state index in [-0.39, 0.29) is 24.0 Å². The van der Waals surface area contributed by atoms with Crippen molar-refractivity contribution in [2.45, 2.75) is 33.7 Å². The fourth-order valence-electron chi connectivity index (χ4n) is 1.36. The quantitative estimate of drug-likeness (QED) is 0.477. The van der Waals surface area contributed by atoms with Gasteiger partial charge in [-0.05, 0) is 32.4 Å². The number of nitrogens with one attached hydrogen (secondary N) is 2. The second kappa shape index (κ2) is 9.70. The second-order valence-electron chi connectivity index (χ2n) is 3.45. The third kappa shape index (κ3) is 6.26. The molecule has 0 bridgehead atoms. The van der Waals surface area contributed by atoms with Gasteiger partial charge < -0.3 is 10.6 Å². The maximum Gasteiger partial charge on any atom is 0.191 e. The van der Waals surface area contributed by atoms with Crippen molar-refractivity contribution in [2.24, 2.45) is 4.99 Å². The first-order chi connectivity index (χ1) is 7.80. The standard InChI is InChI=1S/C12H21N3S.HI/c1-4-10-7-8-11(16-10)9-15-12(13-5-2)14-6-3;/h7-8H,4-6,9H2,1-3H3,(H2,13,14,15);1H. The molecule has 5 heteroatoms. The summed E-state index contributed by atoms with van der Waals surface area (Å²) in [4.78, 5) is 7.28. The number of halogens is 1. The molecule has 98 valence electrons. The highest BCUT2D eigenvalue weighted by molar-refractivity contribution is 14.0. The minimum atomic E-state index is 0. The largest absolute Gasteiger partial charge is 0.357 e. The predicted molar refractivity (Wildman–Crippen MR) is 87.6 cm³/mol. The molecule has 0 spiro atoms. The highest BCUT2D eigenvalue weighted by Crippen LogP contribution is 2.17. The number of guanidine groups is 1. The van der Waals surface area contributed by atoms with Crippen molar-refractivity contribution in [3.05, 3.63) is 21.9 Å². The minimum absolute atomic E-state index is 0. The molecule has 0 aromatic carbocycles. The maximum absolute atomic E-state index is 4.53. The average molecular weight is 367 g/mol. The van der Waals surface area contributed by atoms with Gasteiger partial charge in [-0.2, -0.15) is 0 Å². The monoisotopic (exact) mass is 367 g/mol. The second-order valence-corrected chi connectivity index (χ2v) is 4.70. The lowest BCUT2D eigenvalue weighted by Gasteiger charge is -2.08. The normalized spacial score (nSPS) is 9.35. The summed E-state index contributed by atoms with van der Waals surface area (Å²) in [6.07, 6.45) is 1.11. The van der Waals surface area contributed by atoms with E-state index >= 15 is 0 Å². The van der Waals surface area contributed by atoms with Crippen molar-refractivity contribution in [3.8, 4) is 0 Å². The van der Waals surface area contributed by atoms with Crippen LogP contribution < -0.4 is 10.6 Å². The molecule has 1 rings (SSSR count). The van der Waals surface area contributed by atoms with Gasteiger partial charge in [0, 0.05) is 22.8 Å². The SMILES string of the molecule is CCNC(=NCc1ccc(CC)s1)NCC.I. The van der Waals surface area contributed by atoms with Crippen LogP contribution in [0.3, 0.4) is 0 Å². The van der Waals surface area contributed by atoms with Gasteiger partial charge in [0.15, 0.2) is 5.96 Å². The molecule has 0 unspecified atom stereocenters. The lowest BCUT2D eigenvalue weighted by molar-refractivity contribution is 0.841. The van der Waals surface area contributed by atoms with E-state index in [4.69, 9.17) is 0 Å². The van der Waals surface area contributed by atoms with Crippen LogP contribution in [0.15, 0.2) is 17.1 Å². The van der Waals surface area contributed by atoms with Gasteiger partial charge in [0.05, 0.1) is 6.54 Å². The first-order valence-electron chi connectivity index (χ1n) is 5.89. The van der Waals surface area contributed by atoms with Crippen molar-refractivity contribution in [1.82, 2.24) is 10.6 Å². The average Bonchev–Trinajstić information content (AvgIpc) is 2.74. The molecule has 1 aromatic heterocycles. The first kappa shape index (κ1) is 16.7. The Kier molecular flexibility index (Phi) is 9.53. The fourth-order valence-corrected chi connectivity index (χ4v) is 2.25. The summed E-state index contributed by atoms with van der Waals surface area (Å²) < 4.78 is 0. The highest BCUT2D eigenvalue weighted by Gasteiger charge is 1.99. The van der Waals surface area contributed by atoms with Crippen LogP contribution in [0, 0.1) is 0 Å². The van der Waals surface area contributed by atoms with E-state index in [1.807, 2.05) is 11.3 Å². The number of aryl methyl sites for hydroxylation is 1. The van der Waals surface area contributed by atoms with E-state index in [1.54, 1.807) is 0 Å². The van der Waals surface area contributed by atoms with Gasteiger partial charge in [0.2, 0.25) is 0 Å². The van der Waals surface area contributed by atoms with Crippen molar-refractivity contribution in [2.75, 3.05) is 13.1 Å². The molecule has 0 aliphatic carbocycles. The molecule has 0 amide bonds. The zero-order chi connectivity index (χ0) is 11.8. The van der Waals surface area contributed by atoms with Crippen LogP contribution in [0.4, 0.5) is 0 Å². The number of thiophene rings is 1. The van der Waals surface area contributed by atoms with Crippen molar-refractivity contribution < 1.29 is 0 Å². The van der Waals surface area contributed by atoms with Gasteiger partial charge in [0.1, 0.15) is 0 Å². The smallest absolute Gasteiger partial charge is 0.191 e. The fraction of sp³-hybridized carbons (Fsp3) is 0.583. The van der Waals surface area contributed by atoms with E-state index in [0.717, 1.165) is 32.0 Å². The van der Waals surface area contributed by atoms with E-state index < -0.39 is 0 Å². The Morgan fingerprint density at radius 3 is 2.18 bits per heavy atom. The summed E-state index contributed by atoms with van der Waals surface area (Å²) in [6, 6.07) is 4.36. The van der Waals surface area contributed by atoms with Crippen molar-refractivity contribution in [1.29, 1.82) is 0 Å². The number of nitrogens with zero attached hydrogens (tertiary/aromatic N) is 1. The van der Waals surface area contributed by atoms with E-state index in [2.05, 4.69) is 48.5 Å². The van der Waals surface area contributed by atoms with E-state index in [0.29, 0.717) is 0 Å². The first-order valence-corrected chi connectivity index (χ1v) is 6.71. The third-order valence-electron chi connectivity index (χ3n) is 2.15. The molecule has 17 heavy (non-hydrogen) atoms. The Morgan fingerprint density at radius 2 is 1.71 bits per heavy atom. The molecular formula is C12H22IN3S. The van der Waals surface area contributed by atoms with Crippen LogP contribution in [-0.4, -0.2) is 19.0 Å². The lowest BCUT2D eigenvalue weighted by Crippen LogP contribution is -2.36.